The Morgan fingerprint density at radius 3 is 2.14 bits per heavy atom. The van der Waals surface area contributed by atoms with Crippen LogP contribution in [0.25, 0.3) is 0 Å². The summed E-state index contributed by atoms with van der Waals surface area (Å²) in [6.07, 6.45) is -1.41. The van der Waals surface area contributed by atoms with E-state index in [4.69, 9.17) is 21.5 Å². The molecule has 2 N–H and O–H groups in total. The molecule has 1 amide bonds. The van der Waals surface area contributed by atoms with Crippen molar-refractivity contribution in [1.82, 2.24) is 0 Å². The number of hydrogen-bond acceptors (Lipinski definition) is 4. The van der Waals surface area contributed by atoms with Crippen LogP contribution >= 0.6 is 11.6 Å². The van der Waals surface area contributed by atoms with Gasteiger partial charge in [0.05, 0.1) is 4.90 Å². The molecule has 1 atom stereocenters. The van der Waals surface area contributed by atoms with Crippen molar-refractivity contribution in [1.29, 1.82) is 0 Å². The average Bonchev–Trinajstić information content (AvgIpc) is 2.46. The molecule has 0 saturated heterocycles. The Morgan fingerprint density at radius 2 is 1.64 bits per heavy atom. The molecule has 0 aliphatic carbocycles. The van der Waals surface area contributed by atoms with Crippen LogP contribution in [0.5, 0.6) is 0 Å². The number of hydrogen-bond donors (Lipinski definition) is 1. The van der Waals surface area contributed by atoms with Gasteiger partial charge in [0.25, 0.3) is 16.0 Å². The highest BCUT2D eigenvalue weighted by Crippen LogP contribution is 2.25. The molecule has 0 heterocycles. The Morgan fingerprint density at radius 1 is 1.09 bits per heavy atom. The molecule has 2 aromatic rings. The molecule has 0 aliphatic heterocycles. The molecule has 0 aromatic heterocycles. The van der Waals surface area contributed by atoms with Crippen LogP contribution in [-0.4, -0.2) is 14.3 Å². The number of amides is 1. The number of rotatable bonds is 5. The van der Waals surface area contributed by atoms with Crippen molar-refractivity contribution in [2.75, 3.05) is 0 Å². The first-order chi connectivity index (χ1) is 10.3. The summed E-state index contributed by atoms with van der Waals surface area (Å²) >= 11 is 5.76. The zero-order valence-corrected chi connectivity index (χ0v) is 13.3. The van der Waals surface area contributed by atoms with E-state index < -0.39 is 22.1 Å². The van der Waals surface area contributed by atoms with Gasteiger partial charge in [-0.3, -0.25) is 4.79 Å². The molecule has 116 valence electrons. The van der Waals surface area contributed by atoms with E-state index in [9.17, 15) is 13.2 Å². The first kappa shape index (κ1) is 16.5. The molecule has 5 nitrogen and oxygen atoms in total. The SMILES string of the molecule is Cc1ccc(S(=O)(=O)O[C@H](C(N)=O)c2ccc(Cl)cc2)cc1. The van der Waals surface area contributed by atoms with Crippen molar-refractivity contribution in [3.05, 3.63) is 64.7 Å². The lowest BCUT2D eigenvalue weighted by atomic mass is 10.1. The van der Waals surface area contributed by atoms with Crippen molar-refractivity contribution >= 4 is 27.6 Å². The maximum atomic E-state index is 12.2. The second-order valence-electron chi connectivity index (χ2n) is 4.70. The van der Waals surface area contributed by atoms with Crippen LogP contribution in [-0.2, 0) is 19.1 Å². The van der Waals surface area contributed by atoms with Crippen LogP contribution in [0.1, 0.15) is 17.2 Å². The van der Waals surface area contributed by atoms with Crippen LogP contribution in [0.15, 0.2) is 53.4 Å². The fraction of sp³-hybridized carbons (Fsp3) is 0.133. The third-order valence-corrected chi connectivity index (χ3v) is 4.51. The van der Waals surface area contributed by atoms with E-state index in [0.717, 1.165) is 5.56 Å². The van der Waals surface area contributed by atoms with E-state index >= 15 is 0 Å². The minimum atomic E-state index is -4.11. The van der Waals surface area contributed by atoms with E-state index in [0.29, 0.717) is 10.6 Å². The summed E-state index contributed by atoms with van der Waals surface area (Å²) < 4.78 is 29.5. The van der Waals surface area contributed by atoms with Gasteiger partial charge < -0.3 is 5.73 Å². The lowest BCUT2D eigenvalue weighted by Gasteiger charge is -2.15. The Bertz CT molecular complexity index is 770. The molecular weight excluding hydrogens is 326 g/mol. The number of aryl methyl sites for hydroxylation is 1. The Kier molecular flexibility index (Phi) is 4.85. The zero-order valence-electron chi connectivity index (χ0n) is 11.7. The van der Waals surface area contributed by atoms with Crippen molar-refractivity contribution in [3.8, 4) is 0 Å². The molecule has 0 unspecified atom stereocenters. The average molecular weight is 340 g/mol. The number of nitrogens with two attached hydrogens (primary N) is 1. The Hall–Kier alpha value is -1.89. The predicted octanol–water partition coefficient (Wildman–Crippen LogP) is 2.58. The van der Waals surface area contributed by atoms with Crippen molar-refractivity contribution in [2.45, 2.75) is 17.9 Å². The summed E-state index contributed by atoms with van der Waals surface area (Å²) in [5.74, 6) is -0.905. The van der Waals surface area contributed by atoms with Gasteiger partial charge in [-0.15, -0.1) is 0 Å². The predicted molar refractivity (Wildman–Crippen MR) is 82.8 cm³/mol. The van der Waals surface area contributed by atoms with Gasteiger partial charge in [-0.25, -0.2) is 4.18 Å². The second-order valence-corrected chi connectivity index (χ2v) is 6.71. The molecular formula is C15H14ClNO4S. The molecule has 0 spiro atoms. The molecule has 22 heavy (non-hydrogen) atoms. The van der Waals surface area contributed by atoms with E-state index in [1.54, 1.807) is 12.1 Å². The largest absolute Gasteiger partial charge is 0.367 e. The number of carbonyl (C=O) groups excluding carboxylic acids is 1. The van der Waals surface area contributed by atoms with Crippen molar-refractivity contribution in [2.24, 2.45) is 5.73 Å². The first-order valence-corrected chi connectivity index (χ1v) is 8.13. The number of halogens is 1. The summed E-state index contributed by atoms with van der Waals surface area (Å²) in [6.45, 7) is 1.83. The van der Waals surface area contributed by atoms with Crippen LogP contribution in [0.4, 0.5) is 0 Å². The number of benzene rings is 2. The van der Waals surface area contributed by atoms with Gasteiger partial charge in [-0.1, -0.05) is 41.4 Å². The van der Waals surface area contributed by atoms with E-state index in [1.165, 1.54) is 36.4 Å². The molecule has 0 aliphatic rings. The van der Waals surface area contributed by atoms with Gasteiger partial charge in [0.1, 0.15) is 0 Å². The summed E-state index contributed by atoms with van der Waals surface area (Å²) in [5, 5.41) is 0.452. The molecule has 0 radical (unpaired) electrons. The topological polar surface area (TPSA) is 86.5 Å². The monoisotopic (exact) mass is 339 g/mol. The molecule has 2 aromatic carbocycles. The summed E-state index contributed by atoms with van der Waals surface area (Å²) in [7, 11) is -4.11. The normalized spacial score (nSPS) is 12.8. The standard InChI is InChI=1S/C15H14ClNO4S/c1-10-2-8-13(9-3-10)22(19,20)21-14(15(17)18)11-4-6-12(16)7-5-11/h2-9,14H,1H3,(H2,17,18)/t14-/m0/s1. The highest BCUT2D eigenvalue weighted by molar-refractivity contribution is 7.86. The molecule has 0 bridgehead atoms. The van der Waals surface area contributed by atoms with Gasteiger partial charge in [0.15, 0.2) is 6.10 Å². The van der Waals surface area contributed by atoms with Gasteiger partial charge in [-0.2, -0.15) is 8.42 Å². The number of carbonyl (C=O) groups is 1. The Labute approximate surface area is 133 Å². The Balaban J connectivity index is 2.33. The van der Waals surface area contributed by atoms with Gasteiger partial charge in [0, 0.05) is 5.02 Å². The third kappa shape index (κ3) is 3.85. The minimum absolute atomic E-state index is 0.0432. The summed E-state index contributed by atoms with van der Waals surface area (Å²) in [6, 6.07) is 12.1. The maximum Gasteiger partial charge on any atom is 0.298 e. The number of primary amides is 1. The highest BCUT2D eigenvalue weighted by Gasteiger charge is 2.27. The summed E-state index contributed by atoms with van der Waals surface area (Å²) in [5.41, 5.74) is 6.47. The quantitative estimate of drug-likeness (QED) is 0.848. The lowest BCUT2D eigenvalue weighted by molar-refractivity contribution is -0.124. The van der Waals surface area contributed by atoms with Crippen LogP contribution in [0, 0.1) is 6.92 Å². The van der Waals surface area contributed by atoms with Crippen molar-refractivity contribution in [3.63, 3.8) is 0 Å². The van der Waals surface area contributed by atoms with Crippen molar-refractivity contribution < 1.29 is 17.4 Å². The van der Waals surface area contributed by atoms with Crippen LogP contribution < -0.4 is 5.73 Å². The van der Waals surface area contributed by atoms with E-state index in [-0.39, 0.29) is 4.90 Å². The lowest BCUT2D eigenvalue weighted by Crippen LogP contribution is -2.26. The smallest absolute Gasteiger partial charge is 0.298 e. The fourth-order valence-corrected chi connectivity index (χ4v) is 2.96. The maximum absolute atomic E-state index is 12.2. The molecule has 0 fully saturated rings. The third-order valence-electron chi connectivity index (χ3n) is 2.96. The second kappa shape index (κ2) is 6.48. The van der Waals surface area contributed by atoms with E-state index in [2.05, 4.69) is 0 Å². The minimum Gasteiger partial charge on any atom is -0.367 e. The van der Waals surface area contributed by atoms with Gasteiger partial charge >= 0.3 is 0 Å². The van der Waals surface area contributed by atoms with Gasteiger partial charge in [0.2, 0.25) is 0 Å². The van der Waals surface area contributed by atoms with Crippen LogP contribution in [0.2, 0.25) is 5.02 Å². The first-order valence-electron chi connectivity index (χ1n) is 6.34. The van der Waals surface area contributed by atoms with E-state index in [1.807, 2.05) is 6.92 Å². The molecule has 0 saturated carbocycles. The molecule has 7 heteroatoms. The van der Waals surface area contributed by atoms with Gasteiger partial charge in [-0.05, 0) is 36.8 Å². The molecule has 2 rings (SSSR count). The zero-order chi connectivity index (χ0) is 16.3. The van der Waals surface area contributed by atoms with Crippen LogP contribution in [0.3, 0.4) is 0 Å². The fourth-order valence-electron chi connectivity index (χ4n) is 1.79. The summed E-state index contributed by atoms with van der Waals surface area (Å²) in [4.78, 5) is 11.5. The highest BCUT2D eigenvalue weighted by atomic mass is 35.5.